The van der Waals surface area contributed by atoms with Crippen molar-refractivity contribution in [2.45, 2.75) is 44.3 Å². The van der Waals surface area contributed by atoms with E-state index in [0.29, 0.717) is 12.0 Å². The van der Waals surface area contributed by atoms with Crippen molar-refractivity contribution in [3.05, 3.63) is 29.8 Å². The van der Waals surface area contributed by atoms with Gasteiger partial charge in [-0.15, -0.1) is 11.6 Å². The first-order chi connectivity index (χ1) is 8.09. The lowest BCUT2D eigenvalue weighted by atomic mass is 10.1. The summed E-state index contributed by atoms with van der Waals surface area (Å²) >= 11 is 5.81. The van der Waals surface area contributed by atoms with Crippen LogP contribution in [0.3, 0.4) is 0 Å². The first-order valence-corrected chi connectivity index (χ1v) is 6.69. The Kier molecular flexibility index (Phi) is 3.95. The number of ether oxygens (including phenoxy) is 1. The van der Waals surface area contributed by atoms with E-state index in [2.05, 4.69) is 31.3 Å². The van der Waals surface area contributed by atoms with Crippen molar-refractivity contribution in [3.8, 4) is 0 Å². The van der Waals surface area contributed by atoms with Gasteiger partial charge in [0.15, 0.2) is 0 Å². The number of hydrogen-bond donors (Lipinski definition) is 1. The number of benzene rings is 1. The van der Waals surface area contributed by atoms with Gasteiger partial charge in [0.2, 0.25) is 0 Å². The zero-order valence-corrected chi connectivity index (χ0v) is 11.3. The lowest BCUT2D eigenvalue weighted by Gasteiger charge is -2.19. The molecule has 2 rings (SSSR count). The van der Waals surface area contributed by atoms with Crippen LogP contribution in [0, 0.1) is 0 Å². The Bertz CT molecular complexity index is 378. The van der Waals surface area contributed by atoms with Gasteiger partial charge >= 0.3 is 0 Å². The highest BCUT2D eigenvalue weighted by atomic mass is 35.5. The fourth-order valence-corrected chi connectivity index (χ4v) is 2.38. The molecule has 0 amide bonds. The number of nitrogens with one attached hydrogen (secondary N) is 1. The molecule has 2 nitrogen and oxygen atoms in total. The van der Waals surface area contributed by atoms with Crippen LogP contribution in [0.1, 0.15) is 32.3 Å². The van der Waals surface area contributed by atoms with Gasteiger partial charge in [-0.1, -0.05) is 12.1 Å². The fourth-order valence-electron chi connectivity index (χ4n) is 2.22. The van der Waals surface area contributed by atoms with E-state index in [4.69, 9.17) is 16.3 Å². The van der Waals surface area contributed by atoms with Gasteiger partial charge in [-0.3, -0.25) is 0 Å². The topological polar surface area (TPSA) is 21.3 Å². The summed E-state index contributed by atoms with van der Waals surface area (Å²) in [5.74, 6) is 0.558. The summed E-state index contributed by atoms with van der Waals surface area (Å²) in [4.78, 5) is 0. The Hall–Kier alpha value is -0.730. The minimum atomic E-state index is 0.0460. The van der Waals surface area contributed by atoms with E-state index in [1.54, 1.807) is 0 Å². The maximum absolute atomic E-state index is 5.94. The summed E-state index contributed by atoms with van der Waals surface area (Å²) in [6.07, 6.45) is 2.60. The van der Waals surface area contributed by atoms with Crippen molar-refractivity contribution in [1.29, 1.82) is 0 Å². The van der Waals surface area contributed by atoms with Gasteiger partial charge in [0.25, 0.3) is 0 Å². The molecule has 0 radical (unpaired) electrons. The summed E-state index contributed by atoms with van der Waals surface area (Å²) in [6.45, 7) is 5.18. The van der Waals surface area contributed by atoms with Gasteiger partial charge in [0.1, 0.15) is 0 Å². The van der Waals surface area contributed by atoms with Crippen LogP contribution in [0.15, 0.2) is 24.3 Å². The number of halogens is 1. The van der Waals surface area contributed by atoms with Crippen LogP contribution < -0.4 is 5.32 Å². The van der Waals surface area contributed by atoms with Crippen molar-refractivity contribution < 1.29 is 4.74 Å². The zero-order chi connectivity index (χ0) is 12.3. The largest absolute Gasteiger partial charge is 0.382 e. The molecule has 1 aliphatic rings. The zero-order valence-electron chi connectivity index (χ0n) is 10.5. The van der Waals surface area contributed by atoms with Gasteiger partial charge in [0, 0.05) is 18.1 Å². The normalized spacial score (nSPS) is 22.6. The summed E-state index contributed by atoms with van der Waals surface area (Å²) in [5.41, 5.74) is 2.31. The highest BCUT2D eigenvalue weighted by Crippen LogP contribution is 2.29. The van der Waals surface area contributed by atoms with Gasteiger partial charge in [-0.25, -0.2) is 0 Å². The van der Waals surface area contributed by atoms with Crippen LogP contribution in [-0.4, -0.2) is 18.2 Å². The average molecular weight is 254 g/mol. The van der Waals surface area contributed by atoms with Crippen molar-refractivity contribution in [1.82, 2.24) is 0 Å². The smallest absolute Gasteiger partial charge is 0.0755 e. The van der Waals surface area contributed by atoms with Gasteiger partial charge < -0.3 is 10.1 Å². The van der Waals surface area contributed by atoms with Crippen molar-refractivity contribution in [3.63, 3.8) is 0 Å². The molecule has 0 saturated carbocycles. The Morgan fingerprint density at radius 3 is 2.94 bits per heavy atom. The van der Waals surface area contributed by atoms with E-state index in [1.165, 1.54) is 0 Å². The molecule has 1 aromatic carbocycles. The lowest BCUT2D eigenvalue weighted by Crippen LogP contribution is -2.24. The summed E-state index contributed by atoms with van der Waals surface area (Å²) in [6, 6.07) is 8.22. The first kappa shape index (κ1) is 12.7. The summed E-state index contributed by atoms with van der Waals surface area (Å²) in [7, 11) is 0. The van der Waals surface area contributed by atoms with E-state index in [9.17, 15) is 0 Å². The van der Waals surface area contributed by atoms with Crippen LogP contribution >= 0.6 is 11.6 Å². The van der Waals surface area contributed by atoms with Crippen LogP contribution in [0.4, 0.5) is 5.69 Å². The Labute approximate surface area is 108 Å². The minimum Gasteiger partial charge on any atom is -0.382 e. The molecular formula is C14H20ClNO. The molecule has 0 bridgehead atoms. The molecule has 1 aromatic rings. The molecule has 0 spiro atoms. The van der Waals surface area contributed by atoms with E-state index in [-0.39, 0.29) is 5.60 Å². The second-order valence-electron chi connectivity index (χ2n) is 5.25. The molecule has 1 fully saturated rings. The molecular weight excluding hydrogens is 234 g/mol. The molecule has 0 aliphatic carbocycles. The van der Waals surface area contributed by atoms with Crippen molar-refractivity contribution in [2.24, 2.45) is 0 Å². The molecule has 1 atom stereocenters. The van der Waals surface area contributed by atoms with E-state index >= 15 is 0 Å². The SMILES string of the molecule is CC1(C)CCC(CNc2cccc(CCl)c2)O1. The third kappa shape index (κ3) is 3.62. The Morgan fingerprint density at radius 2 is 2.29 bits per heavy atom. The number of hydrogen-bond acceptors (Lipinski definition) is 2. The molecule has 1 unspecified atom stereocenters. The minimum absolute atomic E-state index is 0.0460. The Morgan fingerprint density at radius 1 is 1.47 bits per heavy atom. The third-order valence-corrected chi connectivity index (χ3v) is 3.48. The average Bonchev–Trinajstić information content (AvgIpc) is 2.67. The molecule has 1 aliphatic heterocycles. The number of anilines is 1. The lowest BCUT2D eigenvalue weighted by molar-refractivity contribution is -0.00910. The van der Waals surface area contributed by atoms with Crippen LogP contribution in [0.2, 0.25) is 0 Å². The molecule has 17 heavy (non-hydrogen) atoms. The van der Waals surface area contributed by atoms with E-state index in [1.807, 2.05) is 12.1 Å². The molecule has 1 N–H and O–H groups in total. The van der Waals surface area contributed by atoms with E-state index in [0.717, 1.165) is 30.6 Å². The molecule has 94 valence electrons. The number of alkyl halides is 1. The highest BCUT2D eigenvalue weighted by Gasteiger charge is 2.31. The van der Waals surface area contributed by atoms with Gasteiger partial charge in [-0.2, -0.15) is 0 Å². The maximum Gasteiger partial charge on any atom is 0.0755 e. The number of rotatable bonds is 4. The molecule has 1 saturated heterocycles. The molecule has 0 aromatic heterocycles. The fraction of sp³-hybridized carbons (Fsp3) is 0.571. The van der Waals surface area contributed by atoms with Gasteiger partial charge in [-0.05, 0) is 44.4 Å². The monoisotopic (exact) mass is 253 g/mol. The maximum atomic E-state index is 5.94. The van der Waals surface area contributed by atoms with Crippen LogP contribution in [0.5, 0.6) is 0 Å². The van der Waals surface area contributed by atoms with Crippen molar-refractivity contribution >= 4 is 17.3 Å². The summed E-state index contributed by atoms with van der Waals surface area (Å²) in [5, 5.41) is 3.42. The standard InChI is InChI=1S/C14H20ClNO/c1-14(2)7-6-13(17-14)10-16-12-5-3-4-11(8-12)9-15/h3-5,8,13,16H,6-7,9-10H2,1-2H3. The van der Waals surface area contributed by atoms with E-state index < -0.39 is 0 Å². The first-order valence-electron chi connectivity index (χ1n) is 6.16. The highest BCUT2D eigenvalue weighted by molar-refractivity contribution is 6.17. The van der Waals surface area contributed by atoms with Crippen LogP contribution in [0.25, 0.3) is 0 Å². The summed E-state index contributed by atoms with van der Waals surface area (Å²) < 4.78 is 5.94. The second-order valence-corrected chi connectivity index (χ2v) is 5.52. The quantitative estimate of drug-likeness (QED) is 0.825. The molecule has 3 heteroatoms. The van der Waals surface area contributed by atoms with Crippen LogP contribution in [-0.2, 0) is 10.6 Å². The van der Waals surface area contributed by atoms with Crippen molar-refractivity contribution in [2.75, 3.05) is 11.9 Å². The second kappa shape index (κ2) is 5.28. The Balaban J connectivity index is 1.86. The molecule has 1 heterocycles. The van der Waals surface area contributed by atoms with Gasteiger partial charge in [0.05, 0.1) is 11.7 Å². The predicted molar refractivity (Wildman–Crippen MR) is 72.7 cm³/mol. The predicted octanol–water partition coefficient (Wildman–Crippen LogP) is 3.79. The third-order valence-electron chi connectivity index (χ3n) is 3.17.